The van der Waals surface area contributed by atoms with E-state index >= 15 is 0 Å². The third-order valence-corrected chi connectivity index (χ3v) is 6.74. The summed E-state index contributed by atoms with van der Waals surface area (Å²) in [6.07, 6.45) is 1.43. The molecule has 3 amide bonds. The molecule has 0 radical (unpaired) electrons. The lowest BCUT2D eigenvalue weighted by Crippen LogP contribution is -2.51. The number of ether oxygens (including phenoxy) is 2. The van der Waals surface area contributed by atoms with Gasteiger partial charge in [0.05, 0.1) is 6.54 Å². The van der Waals surface area contributed by atoms with Crippen molar-refractivity contribution in [2.24, 2.45) is 0 Å². The molecule has 38 heavy (non-hydrogen) atoms. The fourth-order valence-electron chi connectivity index (χ4n) is 4.94. The van der Waals surface area contributed by atoms with Crippen LogP contribution in [0.15, 0.2) is 36.4 Å². The highest BCUT2D eigenvalue weighted by atomic mass is 19.1. The first-order valence-electron chi connectivity index (χ1n) is 13.1. The quantitative estimate of drug-likeness (QED) is 0.511. The fraction of sp³-hybridized carbons (Fsp3) is 0.517. The Morgan fingerprint density at radius 2 is 1.87 bits per heavy atom. The minimum Gasteiger partial charge on any atom is -0.487 e. The molecule has 4 rings (SSSR count). The minimum atomic E-state index is -0.699. The number of urea groups is 1. The largest absolute Gasteiger partial charge is 0.487 e. The lowest BCUT2D eigenvalue weighted by Gasteiger charge is -2.39. The van der Waals surface area contributed by atoms with Crippen LogP contribution in [0.1, 0.15) is 65.6 Å². The van der Waals surface area contributed by atoms with Gasteiger partial charge in [-0.15, -0.1) is 0 Å². The number of nitrogens with one attached hydrogen (secondary N) is 1. The molecule has 2 aromatic rings. The van der Waals surface area contributed by atoms with E-state index in [2.05, 4.69) is 5.32 Å². The highest BCUT2D eigenvalue weighted by Gasteiger charge is 2.33. The van der Waals surface area contributed by atoms with Crippen molar-refractivity contribution in [3.05, 3.63) is 64.7 Å². The molecule has 0 saturated carbocycles. The van der Waals surface area contributed by atoms with Crippen molar-refractivity contribution < 1.29 is 29.3 Å². The van der Waals surface area contributed by atoms with Crippen molar-refractivity contribution in [1.29, 1.82) is 0 Å². The molecule has 9 heteroatoms. The summed E-state index contributed by atoms with van der Waals surface area (Å²) in [5.41, 5.74) is 1.41. The topological polar surface area (TPSA) is 71.1 Å². The zero-order valence-electron chi connectivity index (χ0n) is 22.8. The third-order valence-electron chi connectivity index (χ3n) is 6.74. The number of hydrogen-bond acceptors (Lipinski definition) is 4. The highest BCUT2D eigenvalue weighted by Crippen LogP contribution is 2.35. The number of halogens is 2. The summed E-state index contributed by atoms with van der Waals surface area (Å²) in [5.74, 6) is -0.512. The molecule has 0 spiro atoms. The number of carbonyl (C=O) groups is 2. The van der Waals surface area contributed by atoms with Gasteiger partial charge in [-0.3, -0.25) is 0 Å². The van der Waals surface area contributed by atoms with Gasteiger partial charge in [0.15, 0.2) is 0 Å². The molecule has 2 heterocycles. The molecule has 0 atom stereocenters. The Kier molecular flexibility index (Phi) is 7.85. The van der Waals surface area contributed by atoms with Crippen molar-refractivity contribution in [3.8, 4) is 5.75 Å². The predicted octanol–water partition coefficient (Wildman–Crippen LogP) is 6.04. The minimum absolute atomic E-state index is 0. The van der Waals surface area contributed by atoms with Crippen LogP contribution in [-0.4, -0.2) is 52.3 Å². The number of amides is 3. The Balaban J connectivity index is 0.00000420. The first-order valence-corrected chi connectivity index (χ1v) is 13.1. The molecular weight excluding hydrogens is 492 g/mol. The normalized spacial score (nSPS) is 17.0. The van der Waals surface area contributed by atoms with Crippen molar-refractivity contribution in [3.63, 3.8) is 0 Å². The average molecular weight is 532 g/mol. The highest BCUT2D eigenvalue weighted by molar-refractivity contribution is 5.75. The molecule has 2 aliphatic heterocycles. The van der Waals surface area contributed by atoms with Crippen molar-refractivity contribution >= 4 is 12.1 Å². The second kappa shape index (κ2) is 10.8. The molecular formula is C29H39F2N3O4. The van der Waals surface area contributed by atoms with Crippen molar-refractivity contribution in [2.75, 3.05) is 13.1 Å². The summed E-state index contributed by atoms with van der Waals surface area (Å²) in [7, 11) is 0. The van der Waals surface area contributed by atoms with Gasteiger partial charge in [-0.1, -0.05) is 18.2 Å². The number of piperidine rings is 1. The van der Waals surface area contributed by atoms with Crippen LogP contribution in [0.25, 0.3) is 0 Å². The van der Waals surface area contributed by atoms with Gasteiger partial charge < -0.3 is 24.6 Å². The van der Waals surface area contributed by atoms with Gasteiger partial charge >= 0.3 is 12.1 Å². The Bertz CT molecular complexity index is 1190. The summed E-state index contributed by atoms with van der Waals surface area (Å²) in [6, 6.07) is 8.68. The van der Waals surface area contributed by atoms with Gasteiger partial charge in [-0.25, -0.2) is 18.4 Å². The van der Waals surface area contributed by atoms with Crippen LogP contribution < -0.4 is 10.1 Å². The molecule has 0 aromatic heterocycles. The van der Waals surface area contributed by atoms with Crippen LogP contribution in [0.4, 0.5) is 18.4 Å². The zero-order valence-corrected chi connectivity index (χ0v) is 22.8. The molecule has 208 valence electrons. The van der Waals surface area contributed by atoms with Gasteiger partial charge in [-0.2, -0.15) is 0 Å². The van der Waals surface area contributed by atoms with Gasteiger partial charge in [0, 0.05) is 45.2 Å². The third kappa shape index (κ3) is 6.94. The van der Waals surface area contributed by atoms with Crippen molar-refractivity contribution in [1.82, 2.24) is 15.1 Å². The van der Waals surface area contributed by atoms with Crippen LogP contribution in [0.3, 0.4) is 0 Å². The number of hydrogen-bond donors (Lipinski definition) is 1. The second-order valence-corrected chi connectivity index (χ2v) is 11.7. The molecule has 1 saturated heterocycles. The standard InChI is InChI=1S/C29H37F2N3O4.H2/c1-28(2,3)38-27(36)33-12-10-23(11-13-33)34(18-20-7-8-22(30)15-24(20)31)26(35)32-17-19-6-9-25-21(14-19)16-29(4,5)37-25;/h6-9,14-15,23H,10-13,16-18H2,1-5H3,(H,32,35);1H. The van der Waals surface area contributed by atoms with E-state index in [1.165, 1.54) is 12.1 Å². The smallest absolute Gasteiger partial charge is 0.410 e. The van der Waals surface area contributed by atoms with E-state index in [1.54, 1.807) is 9.80 Å². The maximum Gasteiger partial charge on any atom is 0.410 e. The van der Waals surface area contributed by atoms with E-state index in [-0.39, 0.29) is 37.3 Å². The van der Waals surface area contributed by atoms with Crippen LogP contribution >= 0.6 is 0 Å². The van der Waals surface area contributed by atoms with E-state index in [0.717, 1.165) is 29.4 Å². The molecule has 2 aliphatic rings. The molecule has 0 unspecified atom stereocenters. The van der Waals surface area contributed by atoms with E-state index in [1.807, 2.05) is 52.8 Å². The number of likely N-dealkylation sites (tertiary alicyclic amines) is 1. The van der Waals surface area contributed by atoms with Crippen LogP contribution in [-0.2, 0) is 24.2 Å². The summed E-state index contributed by atoms with van der Waals surface area (Å²) in [6.45, 7) is 10.6. The summed E-state index contributed by atoms with van der Waals surface area (Å²) in [4.78, 5) is 29.1. The number of carbonyl (C=O) groups excluding carboxylic acids is 2. The Morgan fingerprint density at radius 1 is 1.16 bits per heavy atom. The maximum atomic E-state index is 14.5. The van der Waals surface area contributed by atoms with E-state index in [4.69, 9.17) is 9.47 Å². The molecule has 2 aromatic carbocycles. The van der Waals surface area contributed by atoms with Gasteiger partial charge in [-0.05, 0) is 70.7 Å². The number of fused-ring (bicyclic) bond motifs is 1. The van der Waals surface area contributed by atoms with Gasteiger partial charge in [0.1, 0.15) is 28.6 Å². The SMILES string of the molecule is CC(C)(C)OC(=O)N1CCC(N(Cc2ccc(F)cc2F)C(=O)NCc2ccc3c(c2)CC(C)(C)O3)CC1.[HH]. The zero-order chi connectivity index (χ0) is 27.7. The number of rotatable bonds is 5. The lowest BCUT2D eigenvalue weighted by molar-refractivity contribution is 0.0160. The lowest BCUT2D eigenvalue weighted by atomic mass is 10.0. The first kappa shape index (κ1) is 27.7. The van der Waals surface area contributed by atoms with Crippen molar-refractivity contribution in [2.45, 2.75) is 84.2 Å². The first-order chi connectivity index (χ1) is 17.8. The summed E-state index contributed by atoms with van der Waals surface area (Å²) in [5, 5.41) is 2.97. The molecule has 0 bridgehead atoms. The van der Waals surface area contributed by atoms with E-state index < -0.39 is 17.2 Å². The Labute approximate surface area is 224 Å². The summed E-state index contributed by atoms with van der Waals surface area (Å²) >= 11 is 0. The Morgan fingerprint density at radius 3 is 2.53 bits per heavy atom. The van der Waals surface area contributed by atoms with Gasteiger partial charge in [0.2, 0.25) is 0 Å². The molecule has 7 nitrogen and oxygen atoms in total. The van der Waals surface area contributed by atoms with E-state index in [9.17, 15) is 18.4 Å². The number of nitrogens with zero attached hydrogens (tertiary/aromatic N) is 2. The van der Waals surface area contributed by atoms with Gasteiger partial charge in [0.25, 0.3) is 0 Å². The van der Waals surface area contributed by atoms with Crippen LogP contribution in [0.2, 0.25) is 0 Å². The van der Waals surface area contributed by atoms with Crippen LogP contribution in [0, 0.1) is 11.6 Å². The monoisotopic (exact) mass is 531 g/mol. The molecule has 1 fully saturated rings. The number of benzene rings is 2. The molecule has 0 aliphatic carbocycles. The second-order valence-electron chi connectivity index (χ2n) is 11.7. The average Bonchev–Trinajstić information content (AvgIpc) is 3.14. The van der Waals surface area contributed by atoms with E-state index in [0.29, 0.717) is 32.5 Å². The van der Waals surface area contributed by atoms with Crippen LogP contribution in [0.5, 0.6) is 5.75 Å². The predicted molar refractivity (Wildman–Crippen MR) is 142 cm³/mol. The Hall–Kier alpha value is -3.36. The summed E-state index contributed by atoms with van der Waals surface area (Å²) < 4.78 is 39.4. The maximum absolute atomic E-state index is 14.5. The molecule has 1 N–H and O–H groups in total. The fourth-order valence-corrected chi connectivity index (χ4v) is 4.94.